The fraction of sp³-hybridized carbons (Fsp3) is 0.462. The number of hydrogen-bond acceptors (Lipinski definition) is 3. The van der Waals surface area contributed by atoms with E-state index in [1.54, 1.807) is 0 Å². The van der Waals surface area contributed by atoms with Crippen LogP contribution in [0.25, 0.3) is 0 Å². The Morgan fingerprint density at radius 3 is 2.70 bits per heavy atom. The Kier molecular flexibility index (Phi) is 4.49. The zero-order chi connectivity index (χ0) is 14.7. The number of alkyl halides is 2. The Balaban J connectivity index is 2.15. The van der Waals surface area contributed by atoms with Gasteiger partial charge in [0, 0.05) is 18.7 Å². The van der Waals surface area contributed by atoms with E-state index in [-0.39, 0.29) is 18.2 Å². The van der Waals surface area contributed by atoms with Gasteiger partial charge in [-0.3, -0.25) is 4.79 Å². The number of benzene rings is 1. The van der Waals surface area contributed by atoms with Crippen molar-refractivity contribution >= 4 is 5.91 Å². The third kappa shape index (κ3) is 3.63. The van der Waals surface area contributed by atoms with Gasteiger partial charge in [-0.15, -0.1) is 0 Å². The Bertz CT molecular complexity index is 493. The summed E-state index contributed by atoms with van der Waals surface area (Å²) < 4.78 is 41.8. The number of halogens is 3. The van der Waals surface area contributed by atoms with E-state index in [0.29, 0.717) is 5.92 Å². The van der Waals surface area contributed by atoms with Crippen LogP contribution in [0.2, 0.25) is 0 Å². The van der Waals surface area contributed by atoms with E-state index in [9.17, 15) is 18.0 Å². The minimum atomic E-state index is -3.13. The molecular formula is C13H15F3N2O2. The quantitative estimate of drug-likeness (QED) is 0.840. The van der Waals surface area contributed by atoms with Crippen LogP contribution in [0.4, 0.5) is 13.2 Å². The van der Waals surface area contributed by atoms with Gasteiger partial charge in [0.1, 0.15) is 11.6 Å². The monoisotopic (exact) mass is 288 g/mol. The first-order chi connectivity index (χ1) is 9.51. The standard InChI is InChI=1S/C13H15F3N2O2/c14-8-3-4-9(11(5-8)20-13(15)16)12(19)18-10(6-17)7-1-2-7/h3-5,7,10,13H,1-2,6,17H2,(H,18,19). The van der Waals surface area contributed by atoms with Crippen molar-refractivity contribution in [2.24, 2.45) is 11.7 Å². The summed E-state index contributed by atoms with van der Waals surface area (Å²) in [6.07, 6.45) is 1.96. The van der Waals surface area contributed by atoms with Gasteiger partial charge in [-0.2, -0.15) is 8.78 Å². The van der Waals surface area contributed by atoms with Gasteiger partial charge in [0.05, 0.1) is 5.56 Å². The Morgan fingerprint density at radius 1 is 1.45 bits per heavy atom. The number of rotatable bonds is 6. The highest BCUT2D eigenvalue weighted by Gasteiger charge is 2.32. The van der Waals surface area contributed by atoms with E-state index in [2.05, 4.69) is 10.1 Å². The second-order valence-corrected chi connectivity index (χ2v) is 4.67. The molecule has 1 aliphatic carbocycles. The molecule has 4 nitrogen and oxygen atoms in total. The van der Waals surface area contributed by atoms with Crippen molar-refractivity contribution in [2.75, 3.05) is 6.54 Å². The summed E-state index contributed by atoms with van der Waals surface area (Å²) in [5.41, 5.74) is 5.42. The summed E-state index contributed by atoms with van der Waals surface area (Å²) in [5.74, 6) is -1.51. The molecule has 110 valence electrons. The Labute approximate surface area is 114 Å². The third-order valence-electron chi connectivity index (χ3n) is 3.17. The van der Waals surface area contributed by atoms with Crippen LogP contribution < -0.4 is 15.8 Å². The number of amides is 1. The molecule has 0 bridgehead atoms. The summed E-state index contributed by atoms with van der Waals surface area (Å²) in [6, 6.07) is 2.69. The van der Waals surface area contributed by atoms with Crippen LogP contribution in [0.1, 0.15) is 23.2 Å². The van der Waals surface area contributed by atoms with Crippen LogP contribution in [0.5, 0.6) is 5.75 Å². The van der Waals surface area contributed by atoms with Crippen molar-refractivity contribution < 1.29 is 22.7 Å². The molecule has 0 heterocycles. The van der Waals surface area contributed by atoms with Gasteiger partial charge in [0.15, 0.2) is 0 Å². The molecule has 1 atom stereocenters. The molecule has 20 heavy (non-hydrogen) atoms. The number of carbonyl (C=O) groups excluding carboxylic acids is 1. The third-order valence-corrected chi connectivity index (χ3v) is 3.17. The van der Waals surface area contributed by atoms with Crippen LogP contribution in [0.3, 0.4) is 0 Å². The number of ether oxygens (including phenoxy) is 1. The van der Waals surface area contributed by atoms with E-state index in [0.717, 1.165) is 31.0 Å². The molecule has 1 aromatic carbocycles. The van der Waals surface area contributed by atoms with E-state index in [1.165, 1.54) is 0 Å². The summed E-state index contributed by atoms with van der Waals surface area (Å²) >= 11 is 0. The topological polar surface area (TPSA) is 64.3 Å². The van der Waals surface area contributed by atoms with Crippen molar-refractivity contribution in [3.8, 4) is 5.75 Å². The maximum Gasteiger partial charge on any atom is 0.387 e. The molecule has 7 heteroatoms. The number of nitrogens with two attached hydrogens (primary N) is 1. The number of carbonyl (C=O) groups is 1. The Morgan fingerprint density at radius 2 is 2.15 bits per heavy atom. The van der Waals surface area contributed by atoms with Gasteiger partial charge in [-0.25, -0.2) is 4.39 Å². The minimum Gasteiger partial charge on any atom is -0.434 e. The van der Waals surface area contributed by atoms with Crippen molar-refractivity contribution in [1.29, 1.82) is 0 Å². The molecule has 0 aromatic heterocycles. The molecule has 1 aliphatic rings. The molecule has 3 N–H and O–H groups in total. The second kappa shape index (κ2) is 6.13. The molecule has 1 unspecified atom stereocenters. The zero-order valence-corrected chi connectivity index (χ0v) is 10.6. The first kappa shape index (κ1) is 14.6. The zero-order valence-electron chi connectivity index (χ0n) is 10.6. The van der Waals surface area contributed by atoms with Gasteiger partial charge >= 0.3 is 6.61 Å². The fourth-order valence-corrected chi connectivity index (χ4v) is 1.99. The maximum absolute atomic E-state index is 13.1. The Hall–Kier alpha value is -1.76. The lowest BCUT2D eigenvalue weighted by Gasteiger charge is -2.17. The predicted octanol–water partition coefficient (Wildman–Crippen LogP) is 1.89. The molecule has 0 radical (unpaired) electrons. The molecule has 1 aromatic rings. The van der Waals surface area contributed by atoms with Gasteiger partial charge in [-0.05, 0) is 30.9 Å². The van der Waals surface area contributed by atoms with Crippen molar-refractivity contribution in [3.63, 3.8) is 0 Å². The smallest absolute Gasteiger partial charge is 0.387 e. The molecular weight excluding hydrogens is 273 g/mol. The second-order valence-electron chi connectivity index (χ2n) is 4.67. The van der Waals surface area contributed by atoms with Gasteiger partial charge in [-0.1, -0.05) is 0 Å². The van der Waals surface area contributed by atoms with Crippen molar-refractivity contribution in [3.05, 3.63) is 29.6 Å². The summed E-state index contributed by atoms with van der Waals surface area (Å²) in [7, 11) is 0. The highest BCUT2D eigenvalue weighted by Crippen LogP contribution is 2.32. The SMILES string of the molecule is NCC(NC(=O)c1ccc(F)cc1OC(F)F)C1CC1. The highest BCUT2D eigenvalue weighted by atomic mass is 19.3. The van der Waals surface area contributed by atoms with Crippen LogP contribution in [-0.2, 0) is 0 Å². The predicted molar refractivity (Wildman–Crippen MR) is 66.1 cm³/mol. The van der Waals surface area contributed by atoms with E-state index < -0.39 is 24.1 Å². The molecule has 0 spiro atoms. The summed E-state index contributed by atoms with van der Waals surface area (Å²) in [5, 5.41) is 2.67. The largest absolute Gasteiger partial charge is 0.434 e. The average molecular weight is 288 g/mol. The maximum atomic E-state index is 13.1. The van der Waals surface area contributed by atoms with E-state index in [4.69, 9.17) is 5.73 Å². The van der Waals surface area contributed by atoms with E-state index >= 15 is 0 Å². The number of hydrogen-bond donors (Lipinski definition) is 2. The van der Waals surface area contributed by atoms with Gasteiger partial charge in [0.2, 0.25) is 0 Å². The lowest BCUT2D eigenvalue weighted by atomic mass is 10.1. The molecule has 1 saturated carbocycles. The fourth-order valence-electron chi connectivity index (χ4n) is 1.99. The minimum absolute atomic E-state index is 0.134. The number of nitrogens with one attached hydrogen (secondary N) is 1. The van der Waals surface area contributed by atoms with Crippen molar-refractivity contribution in [1.82, 2.24) is 5.32 Å². The van der Waals surface area contributed by atoms with Crippen molar-refractivity contribution in [2.45, 2.75) is 25.5 Å². The van der Waals surface area contributed by atoms with Crippen LogP contribution >= 0.6 is 0 Å². The van der Waals surface area contributed by atoms with Crippen LogP contribution in [0, 0.1) is 11.7 Å². The molecule has 1 amide bonds. The lowest BCUT2D eigenvalue weighted by Crippen LogP contribution is -2.41. The van der Waals surface area contributed by atoms with Gasteiger partial charge < -0.3 is 15.8 Å². The first-order valence-electron chi connectivity index (χ1n) is 6.26. The molecule has 2 rings (SSSR count). The highest BCUT2D eigenvalue weighted by molar-refractivity contribution is 5.97. The molecule has 0 aliphatic heterocycles. The van der Waals surface area contributed by atoms with Crippen LogP contribution in [-0.4, -0.2) is 25.1 Å². The first-order valence-corrected chi connectivity index (χ1v) is 6.26. The summed E-state index contributed by atoms with van der Waals surface area (Å²) in [4.78, 5) is 12.0. The van der Waals surface area contributed by atoms with E-state index in [1.807, 2.05) is 0 Å². The normalized spacial score (nSPS) is 16.1. The average Bonchev–Trinajstić information content (AvgIpc) is 3.19. The van der Waals surface area contributed by atoms with Crippen LogP contribution in [0.15, 0.2) is 18.2 Å². The molecule has 1 fully saturated rings. The van der Waals surface area contributed by atoms with Gasteiger partial charge in [0.25, 0.3) is 5.91 Å². The summed E-state index contributed by atoms with van der Waals surface area (Å²) in [6.45, 7) is -2.86. The lowest BCUT2D eigenvalue weighted by molar-refractivity contribution is -0.0503. The molecule has 0 saturated heterocycles.